The van der Waals surface area contributed by atoms with Crippen LogP contribution in [0.3, 0.4) is 0 Å². The third-order valence-electron chi connectivity index (χ3n) is 5.14. The van der Waals surface area contributed by atoms with E-state index in [9.17, 15) is 23.9 Å². The number of thiophene rings is 1. The lowest BCUT2D eigenvalue weighted by Gasteiger charge is -2.26. The van der Waals surface area contributed by atoms with Crippen LogP contribution in [0.4, 0.5) is 10.1 Å². The lowest BCUT2D eigenvalue weighted by Crippen LogP contribution is -2.43. The second-order valence-corrected chi connectivity index (χ2v) is 8.50. The molecule has 3 aromatic rings. The van der Waals surface area contributed by atoms with Crippen LogP contribution in [0.25, 0.3) is 0 Å². The SMILES string of the molecule is COc1cc(Cl)cc(COc2ccc(F)c(N3C(=O)Cc4csc(C(=O)O)c4C3=O)c2)c1OC. The third kappa shape index (κ3) is 4.17. The third-order valence-corrected chi connectivity index (χ3v) is 6.38. The van der Waals surface area contributed by atoms with E-state index in [0.717, 1.165) is 17.4 Å². The molecule has 8 nitrogen and oxygen atoms in total. The molecule has 1 aromatic heterocycles. The molecule has 0 unspecified atom stereocenters. The molecule has 0 aliphatic carbocycles. The van der Waals surface area contributed by atoms with Gasteiger partial charge in [-0.25, -0.2) is 14.1 Å². The highest BCUT2D eigenvalue weighted by Crippen LogP contribution is 2.37. The smallest absolute Gasteiger partial charge is 0.346 e. The number of anilines is 1. The van der Waals surface area contributed by atoms with E-state index in [4.69, 9.17) is 25.8 Å². The summed E-state index contributed by atoms with van der Waals surface area (Å²) in [7, 11) is 2.93. The topological polar surface area (TPSA) is 102 Å². The molecule has 2 amide bonds. The van der Waals surface area contributed by atoms with Crippen LogP contribution in [0, 0.1) is 5.82 Å². The van der Waals surface area contributed by atoms with Gasteiger partial charge in [-0.2, -0.15) is 0 Å². The number of rotatable bonds is 7. The van der Waals surface area contributed by atoms with Crippen molar-refractivity contribution in [1.82, 2.24) is 0 Å². The number of hydrogen-bond acceptors (Lipinski definition) is 7. The van der Waals surface area contributed by atoms with E-state index in [1.165, 1.54) is 31.7 Å². The van der Waals surface area contributed by atoms with Gasteiger partial charge in [0.2, 0.25) is 5.91 Å². The van der Waals surface area contributed by atoms with Gasteiger partial charge in [0.25, 0.3) is 5.91 Å². The monoisotopic (exact) mass is 505 g/mol. The van der Waals surface area contributed by atoms with Crippen LogP contribution >= 0.6 is 22.9 Å². The van der Waals surface area contributed by atoms with Gasteiger partial charge < -0.3 is 19.3 Å². The van der Waals surface area contributed by atoms with Gasteiger partial charge in [-0.3, -0.25) is 9.59 Å². The predicted octanol–water partition coefficient (Wildman–Crippen LogP) is 4.56. The molecule has 1 aliphatic rings. The zero-order chi connectivity index (χ0) is 24.6. The number of carboxylic acid groups (broad SMARTS) is 1. The van der Waals surface area contributed by atoms with Crippen molar-refractivity contribution in [2.24, 2.45) is 0 Å². The summed E-state index contributed by atoms with van der Waals surface area (Å²) >= 11 is 6.97. The summed E-state index contributed by atoms with van der Waals surface area (Å²) in [5.41, 5.74) is 0.412. The highest BCUT2D eigenvalue weighted by atomic mass is 35.5. The second-order valence-electron chi connectivity index (χ2n) is 7.18. The average molecular weight is 506 g/mol. The molecule has 0 saturated heterocycles. The number of carbonyl (C=O) groups is 3. The first-order valence-corrected chi connectivity index (χ1v) is 11.0. The minimum absolute atomic E-state index is 0.0368. The van der Waals surface area contributed by atoms with Gasteiger partial charge in [-0.05, 0) is 29.1 Å². The molecule has 176 valence electrons. The highest BCUT2D eigenvalue weighted by molar-refractivity contribution is 7.12. The highest BCUT2D eigenvalue weighted by Gasteiger charge is 2.38. The largest absolute Gasteiger partial charge is 0.493 e. The molecule has 34 heavy (non-hydrogen) atoms. The molecule has 0 spiro atoms. The number of ether oxygens (including phenoxy) is 3. The quantitative estimate of drug-likeness (QED) is 0.469. The maximum Gasteiger partial charge on any atom is 0.346 e. The van der Waals surface area contributed by atoms with E-state index in [0.29, 0.717) is 32.5 Å². The van der Waals surface area contributed by atoms with Crippen molar-refractivity contribution in [3.8, 4) is 17.2 Å². The van der Waals surface area contributed by atoms with E-state index < -0.39 is 23.6 Å². The van der Waals surface area contributed by atoms with Crippen LogP contribution in [0.15, 0.2) is 35.7 Å². The Labute approximate surface area is 202 Å². The van der Waals surface area contributed by atoms with Crippen molar-refractivity contribution in [3.05, 3.63) is 68.1 Å². The molecule has 0 radical (unpaired) electrons. The number of hydrogen-bond donors (Lipinski definition) is 1. The number of imide groups is 1. The Hall–Kier alpha value is -3.63. The molecular weight excluding hydrogens is 489 g/mol. The summed E-state index contributed by atoms with van der Waals surface area (Å²) in [6.07, 6.45) is -0.227. The summed E-state index contributed by atoms with van der Waals surface area (Å²) < 4.78 is 31.1. The van der Waals surface area contributed by atoms with Crippen molar-refractivity contribution in [2.45, 2.75) is 13.0 Å². The van der Waals surface area contributed by atoms with Crippen LogP contribution in [0.5, 0.6) is 17.2 Å². The van der Waals surface area contributed by atoms with Crippen molar-refractivity contribution in [3.63, 3.8) is 0 Å². The van der Waals surface area contributed by atoms with Crippen LogP contribution < -0.4 is 19.1 Å². The van der Waals surface area contributed by atoms with Crippen LogP contribution in [-0.4, -0.2) is 37.1 Å². The minimum atomic E-state index is -1.29. The number of nitrogens with zero attached hydrogens (tertiary/aromatic N) is 1. The fourth-order valence-corrected chi connectivity index (χ4v) is 4.78. The lowest BCUT2D eigenvalue weighted by molar-refractivity contribution is -0.117. The maximum absolute atomic E-state index is 14.7. The summed E-state index contributed by atoms with van der Waals surface area (Å²) in [5, 5.41) is 11.2. The number of amides is 2. The number of aromatic carboxylic acids is 1. The van der Waals surface area contributed by atoms with Crippen molar-refractivity contribution < 1.29 is 38.1 Å². The normalized spacial score (nSPS) is 13.0. The van der Waals surface area contributed by atoms with Gasteiger partial charge in [0.05, 0.1) is 31.9 Å². The first kappa shape index (κ1) is 23.5. The molecule has 11 heteroatoms. The number of carbonyl (C=O) groups excluding carboxylic acids is 2. The molecule has 0 atom stereocenters. The van der Waals surface area contributed by atoms with Gasteiger partial charge >= 0.3 is 5.97 Å². The Morgan fingerprint density at radius 3 is 2.65 bits per heavy atom. The molecule has 0 fully saturated rings. The van der Waals surface area contributed by atoms with Crippen molar-refractivity contribution >= 4 is 46.4 Å². The molecule has 1 aliphatic heterocycles. The molecule has 2 heterocycles. The van der Waals surface area contributed by atoms with E-state index in [-0.39, 0.29) is 34.9 Å². The Bertz CT molecular complexity index is 1320. The molecule has 4 rings (SSSR count). The Balaban J connectivity index is 1.65. The van der Waals surface area contributed by atoms with Crippen molar-refractivity contribution in [1.29, 1.82) is 0 Å². The van der Waals surface area contributed by atoms with E-state index in [1.807, 2.05) is 0 Å². The number of methoxy groups -OCH3 is 2. The minimum Gasteiger partial charge on any atom is -0.493 e. The van der Waals surface area contributed by atoms with E-state index in [1.54, 1.807) is 12.1 Å². The average Bonchev–Trinajstić information content (AvgIpc) is 3.23. The Kier molecular flexibility index (Phi) is 6.45. The number of halogens is 2. The fraction of sp³-hybridized carbons (Fsp3) is 0.174. The standard InChI is InChI=1S/C23H17ClFNO7S/c1-31-17-7-13(24)5-11(20(17)32-2)9-33-14-3-4-15(25)16(8-14)26-18(27)6-12-10-34-21(23(29)30)19(12)22(26)28/h3-5,7-8,10H,6,9H2,1-2H3,(H,29,30). The summed E-state index contributed by atoms with van der Waals surface area (Å²) in [5.74, 6) is -2.75. The summed E-state index contributed by atoms with van der Waals surface area (Å²) in [4.78, 5) is 37.7. The summed E-state index contributed by atoms with van der Waals surface area (Å²) in [6.45, 7) is -0.0368. The Morgan fingerprint density at radius 2 is 1.97 bits per heavy atom. The number of fused-ring (bicyclic) bond motifs is 1. The predicted molar refractivity (Wildman–Crippen MR) is 122 cm³/mol. The van der Waals surface area contributed by atoms with E-state index in [2.05, 4.69) is 0 Å². The zero-order valence-corrected chi connectivity index (χ0v) is 19.5. The molecule has 2 aromatic carbocycles. The first-order valence-electron chi connectivity index (χ1n) is 9.78. The first-order chi connectivity index (χ1) is 16.2. The molecular formula is C23H17ClFNO7S. The lowest BCUT2D eigenvalue weighted by atomic mass is 10.0. The molecule has 1 N–H and O–H groups in total. The van der Waals surface area contributed by atoms with Crippen LogP contribution in [-0.2, 0) is 17.8 Å². The number of carboxylic acids is 1. The number of benzene rings is 2. The molecule has 0 saturated carbocycles. The van der Waals surface area contributed by atoms with Gasteiger partial charge in [0.15, 0.2) is 11.5 Å². The second kappa shape index (κ2) is 9.32. The molecule has 0 bridgehead atoms. The van der Waals surface area contributed by atoms with E-state index >= 15 is 0 Å². The van der Waals surface area contributed by atoms with Crippen LogP contribution in [0.1, 0.15) is 31.2 Å². The fourth-order valence-electron chi connectivity index (χ4n) is 3.65. The Morgan fingerprint density at radius 1 is 1.21 bits per heavy atom. The van der Waals surface area contributed by atoms with Gasteiger partial charge in [0.1, 0.15) is 23.1 Å². The zero-order valence-electron chi connectivity index (χ0n) is 17.9. The summed E-state index contributed by atoms with van der Waals surface area (Å²) in [6, 6.07) is 6.80. The van der Waals surface area contributed by atoms with Gasteiger partial charge in [0, 0.05) is 22.7 Å². The van der Waals surface area contributed by atoms with Crippen molar-refractivity contribution in [2.75, 3.05) is 19.1 Å². The van der Waals surface area contributed by atoms with Gasteiger partial charge in [-0.15, -0.1) is 11.3 Å². The van der Waals surface area contributed by atoms with Crippen LogP contribution in [0.2, 0.25) is 5.02 Å². The maximum atomic E-state index is 14.7. The van der Waals surface area contributed by atoms with Gasteiger partial charge in [-0.1, -0.05) is 11.6 Å².